The molecule has 3 heteroatoms. The van der Waals surface area contributed by atoms with Gasteiger partial charge in [0.1, 0.15) is 0 Å². The zero-order chi connectivity index (χ0) is 11.4. The molecule has 2 rings (SSSR count). The van der Waals surface area contributed by atoms with E-state index in [4.69, 9.17) is 4.74 Å². The number of hydrogen-bond donors (Lipinski definition) is 0. The summed E-state index contributed by atoms with van der Waals surface area (Å²) < 4.78 is 5.48. The van der Waals surface area contributed by atoms with Crippen LogP contribution in [0.4, 0.5) is 0 Å². The molecule has 1 fully saturated rings. The van der Waals surface area contributed by atoms with E-state index >= 15 is 0 Å². The fourth-order valence-electron chi connectivity index (χ4n) is 1.85. The number of rotatable bonds is 5. The van der Waals surface area contributed by atoms with Gasteiger partial charge in [-0.1, -0.05) is 24.3 Å². The van der Waals surface area contributed by atoms with Crippen molar-refractivity contribution in [1.82, 2.24) is 0 Å². The second-order valence-corrected chi connectivity index (χ2v) is 4.29. The molecule has 0 heterocycles. The van der Waals surface area contributed by atoms with Gasteiger partial charge in [-0.05, 0) is 24.0 Å². The highest BCUT2D eigenvalue weighted by Gasteiger charge is 2.42. The topological polar surface area (TPSA) is 38.7 Å². The number of aliphatic imine (C=N–C) groups is 1. The summed E-state index contributed by atoms with van der Waals surface area (Å²) in [6.07, 6.45) is 4.82. The van der Waals surface area contributed by atoms with E-state index in [1.807, 2.05) is 12.1 Å². The zero-order valence-corrected chi connectivity index (χ0v) is 9.40. The van der Waals surface area contributed by atoms with Crippen molar-refractivity contribution >= 4 is 6.08 Å². The second kappa shape index (κ2) is 4.60. The Morgan fingerprint density at radius 3 is 2.44 bits per heavy atom. The fraction of sp³-hybridized carbons (Fsp3) is 0.462. The Kier molecular flexibility index (Phi) is 3.18. The molecule has 0 aliphatic heterocycles. The van der Waals surface area contributed by atoms with Crippen LogP contribution in [0.1, 0.15) is 24.0 Å². The van der Waals surface area contributed by atoms with E-state index in [1.54, 1.807) is 13.2 Å². The first-order chi connectivity index (χ1) is 7.78. The second-order valence-electron chi connectivity index (χ2n) is 4.29. The van der Waals surface area contributed by atoms with Gasteiger partial charge in [-0.2, -0.15) is 0 Å². The first-order valence-electron chi connectivity index (χ1n) is 5.45. The molecule has 0 amide bonds. The lowest BCUT2D eigenvalue weighted by molar-refractivity contribution is 0.0807. The predicted octanol–water partition coefficient (Wildman–Crippen LogP) is 2.24. The van der Waals surface area contributed by atoms with Crippen molar-refractivity contribution in [2.45, 2.75) is 31.4 Å². The van der Waals surface area contributed by atoms with Crippen LogP contribution in [0.5, 0.6) is 0 Å². The Labute approximate surface area is 95.2 Å². The van der Waals surface area contributed by atoms with Gasteiger partial charge in [0.2, 0.25) is 6.08 Å². The number of benzene rings is 1. The lowest BCUT2D eigenvalue weighted by Gasteiger charge is -2.12. The van der Waals surface area contributed by atoms with Crippen molar-refractivity contribution in [2.24, 2.45) is 4.99 Å². The molecule has 1 aromatic rings. The summed E-state index contributed by atoms with van der Waals surface area (Å²) in [6.45, 7) is 0.416. The van der Waals surface area contributed by atoms with Crippen molar-refractivity contribution in [1.29, 1.82) is 0 Å². The van der Waals surface area contributed by atoms with E-state index in [0.717, 1.165) is 24.8 Å². The van der Waals surface area contributed by atoms with Gasteiger partial charge in [0, 0.05) is 13.5 Å². The molecule has 0 saturated heterocycles. The molecule has 0 atom stereocenters. The monoisotopic (exact) mass is 217 g/mol. The largest absolute Gasteiger partial charge is 0.378 e. The molecule has 0 radical (unpaired) electrons. The third-order valence-electron chi connectivity index (χ3n) is 3.12. The van der Waals surface area contributed by atoms with Gasteiger partial charge in [0.05, 0.1) is 12.1 Å². The van der Waals surface area contributed by atoms with Crippen molar-refractivity contribution in [3.05, 3.63) is 35.4 Å². The number of ether oxygens (including phenoxy) is 1. The molecule has 0 unspecified atom stereocenters. The minimum Gasteiger partial charge on any atom is -0.378 e. The van der Waals surface area contributed by atoms with Crippen LogP contribution in [-0.4, -0.2) is 18.8 Å². The molecule has 1 aliphatic rings. The Bertz CT molecular complexity index is 400. The quantitative estimate of drug-likeness (QED) is 0.560. The van der Waals surface area contributed by atoms with Crippen LogP contribution in [0.3, 0.4) is 0 Å². The molecular formula is C13H15NO2. The molecule has 0 N–H and O–H groups in total. The normalized spacial score (nSPS) is 16.6. The number of hydrogen-bond acceptors (Lipinski definition) is 3. The standard InChI is InChI=1S/C13H15NO2/c1-16-13(6-7-13)8-11-2-4-12(5-3-11)9-14-10-15/h2-5H,6-9H2,1H3. The van der Waals surface area contributed by atoms with Gasteiger partial charge in [0.25, 0.3) is 0 Å². The van der Waals surface area contributed by atoms with E-state index in [-0.39, 0.29) is 5.60 Å². The zero-order valence-electron chi connectivity index (χ0n) is 9.40. The van der Waals surface area contributed by atoms with Crippen molar-refractivity contribution in [3.63, 3.8) is 0 Å². The predicted molar refractivity (Wildman–Crippen MR) is 60.9 cm³/mol. The highest BCUT2D eigenvalue weighted by Crippen LogP contribution is 2.41. The molecule has 84 valence electrons. The highest BCUT2D eigenvalue weighted by molar-refractivity contribution is 5.34. The van der Waals surface area contributed by atoms with Crippen LogP contribution in [-0.2, 0) is 22.5 Å². The first-order valence-corrected chi connectivity index (χ1v) is 5.45. The number of nitrogens with zero attached hydrogens (tertiary/aromatic N) is 1. The van der Waals surface area contributed by atoms with Crippen LogP contribution in [0.25, 0.3) is 0 Å². The minimum absolute atomic E-state index is 0.0997. The van der Waals surface area contributed by atoms with Gasteiger partial charge in [-0.25, -0.2) is 9.79 Å². The summed E-state index contributed by atoms with van der Waals surface area (Å²) in [5.41, 5.74) is 2.41. The maximum Gasteiger partial charge on any atom is 0.235 e. The van der Waals surface area contributed by atoms with Crippen molar-refractivity contribution < 1.29 is 9.53 Å². The SMILES string of the molecule is COC1(Cc2ccc(CN=C=O)cc2)CC1. The van der Waals surface area contributed by atoms with E-state index in [0.29, 0.717) is 6.54 Å². The van der Waals surface area contributed by atoms with Gasteiger partial charge in [-0.15, -0.1) is 0 Å². The Hall–Kier alpha value is -1.44. The summed E-state index contributed by atoms with van der Waals surface area (Å²) in [4.78, 5) is 13.5. The summed E-state index contributed by atoms with van der Waals surface area (Å²) in [5.74, 6) is 0. The van der Waals surface area contributed by atoms with Gasteiger partial charge in [0.15, 0.2) is 0 Å². The molecule has 0 aromatic heterocycles. The van der Waals surface area contributed by atoms with E-state index < -0.39 is 0 Å². The molecule has 1 aliphatic carbocycles. The lowest BCUT2D eigenvalue weighted by atomic mass is 10.0. The van der Waals surface area contributed by atoms with Gasteiger partial charge in [-0.3, -0.25) is 0 Å². The maximum absolute atomic E-state index is 9.97. The van der Waals surface area contributed by atoms with E-state index in [2.05, 4.69) is 17.1 Å². The Morgan fingerprint density at radius 1 is 1.31 bits per heavy atom. The lowest BCUT2D eigenvalue weighted by Crippen LogP contribution is -2.14. The fourth-order valence-corrected chi connectivity index (χ4v) is 1.85. The average Bonchev–Trinajstić information content (AvgIpc) is 3.09. The third kappa shape index (κ3) is 2.57. The van der Waals surface area contributed by atoms with Crippen LogP contribution in [0.2, 0.25) is 0 Å². The molecule has 16 heavy (non-hydrogen) atoms. The minimum atomic E-state index is 0.0997. The molecule has 0 bridgehead atoms. The first kappa shape index (κ1) is 11.1. The van der Waals surface area contributed by atoms with Gasteiger partial charge >= 0.3 is 0 Å². The van der Waals surface area contributed by atoms with Crippen LogP contribution in [0, 0.1) is 0 Å². The maximum atomic E-state index is 9.97. The number of isocyanates is 1. The highest BCUT2D eigenvalue weighted by atomic mass is 16.5. The summed E-state index contributed by atoms with van der Waals surface area (Å²) in [7, 11) is 1.78. The molecule has 1 saturated carbocycles. The summed E-state index contributed by atoms with van der Waals surface area (Å²) in [5, 5.41) is 0. The molecule has 1 aromatic carbocycles. The van der Waals surface area contributed by atoms with Crippen LogP contribution in [0.15, 0.2) is 29.3 Å². The molecule has 0 spiro atoms. The van der Waals surface area contributed by atoms with Crippen molar-refractivity contribution in [2.75, 3.05) is 7.11 Å². The molecule has 3 nitrogen and oxygen atoms in total. The molecular weight excluding hydrogens is 202 g/mol. The average molecular weight is 217 g/mol. The van der Waals surface area contributed by atoms with E-state index in [9.17, 15) is 4.79 Å². The van der Waals surface area contributed by atoms with Gasteiger partial charge < -0.3 is 4.74 Å². The number of carbonyl (C=O) groups excluding carboxylic acids is 1. The van der Waals surface area contributed by atoms with E-state index in [1.165, 1.54) is 5.56 Å². The Morgan fingerprint density at radius 2 is 1.94 bits per heavy atom. The van der Waals surface area contributed by atoms with Crippen molar-refractivity contribution in [3.8, 4) is 0 Å². The summed E-state index contributed by atoms with van der Waals surface area (Å²) >= 11 is 0. The summed E-state index contributed by atoms with van der Waals surface area (Å²) in [6, 6.07) is 8.16. The smallest absolute Gasteiger partial charge is 0.235 e. The van der Waals surface area contributed by atoms with Crippen LogP contribution >= 0.6 is 0 Å². The number of methoxy groups -OCH3 is 1. The van der Waals surface area contributed by atoms with Crippen LogP contribution < -0.4 is 0 Å². The Balaban J connectivity index is 1.99. The third-order valence-corrected chi connectivity index (χ3v) is 3.12.